The van der Waals surface area contributed by atoms with Gasteiger partial charge in [-0.05, 0) is 59.7 Å². The Balaban J connectivity index is 1.63. The first-order chi connectivity index (χ1) is 24.2. The molecule has 6 aromatic rings. The number of halogens is 4. The minimum Gasteiger partial charge on any atom is -0.497 e. The second-order valence-electron chi connectivity index (χ2n) is 11.6. The van der Waals surface area contributed by atoms with Gasteiger partial charge >= 0.3 is 6.09 Å². The van der Waals surface area contributed by atoms with Crippen molar-refractivity contribution in [2.75, 3.05) is 17.7 Å². The zero-order valence-electron chi connectivity index (χ0n) is 27.1. The number of aryl methyl sites for hydroxylation is 1. The van der Waals surface area contributed by atoms with Crippen LogP contribution in [0.2, 0.25) is 10.0 Å². The molecule has 17 heteroatoms. The van der Waals surface area contributed by atoms with Crippen molar-refractivity contribution in [2.45, 2.75) is 19.0 Å². The summed E-state index contributed by atoms with van der Waals surface area (Å²) in [5.41, 5.74) is 0.363. The Morgan fingerprint density at radius 3 is 2.29 bits per heavy atom. The zero-order valence-corrected chi connectivity index (χ0v) is 29.4. The third-order valence-corrected chi connectivity index (χ3v) is 9.84. The lowest BCUT2D eigenvalue weighted by Crippen LogP contribution is -2.35. The van der Waals surface area contributed by atoms with Crippen molar-refractivity contribution in [3.63, 3.8) is 0 Å². The highest BCUT2D eigenvalue weighted by atomic mass is 35.5. The Morgan fingerprint density at radius 2 is 1.67 bits per heavy atom. The number of amides is 1. The van der Waals surface area contributed by atoms with Crippen LogP contribution in [0, 0.1) is 11.6 Å². The SMILES string of the molecule is COc1ccc(CN(c2nn(C)c3c(-n4c(C(Cc5cc(F)cc(F)c5)NC(=O)O)nc5cccc(Cl)c5c4=O)ccc(Cl)c23)S(C)(=O)=O)cc1. The number of benzene rings is 4. The Hall–Kier alpha value is -5.25. The van der Waals surface area contributed by atoms with Crippen LogP contribution in [-0.4, -0.2) is 52.3 Å². The topological polar surface area (TPSA) is 149 Å². The van der Waals surface area contributed by atoms with Gasteiger partial charge in [0.2, 0.25) is 10.0 Å². The van der Waals surface area contributed by atoms with Gasteiger partial charge in [-0.25, -0.2) is 31.3 Å². The van der Waals surface area contributed by atoms with Crippen LogP contribution in [0.3, 0.4) is 0 Å². The molecular formula is C34H28Cl2F2N6O6S. The first-order valence-corrected chi connectivity index (χ1v) is 17.7. The van der Waals surface area contributed by atoms with Gasteiger partial charge in [-0.3, -0.25) is 14.0 Å². The number of hydrogen-bond donors (Lipinski definition) is 2. The summed E-state index contributed by atoms with van der Waals surface area (Å²) in [6.45, 7) is -0.136. The highest BCUT2D eigenvalue weighted by molar-refractivity contribution is 7.92. The molecule has 0 saturated carbocycles. The maximum absolute atomic E-state index is 14.5. The Bertz CT molecular complexity index is 2490. The normalized spacial score (nSPS) is 12.3. The lowest BCUT2D eigenvalue weighted by molar-refractivity contribution is 0.189. The van der Waals surface area contributed by atoms with Crippen molar-refractivity contribution in [3.8, 4) is 11.4 Å². The molecule has 0 aliphatic heterocycles. The number of nitrogens with zero attached hydrogens (tertiary/aromatic N) is 5. The van der Waals surface area contributed by atoms with E-state index >= 15 is 0 Å². The summed E-state index contributed by atoms with van der Waals surface area (Å²) in [7, 11) is -0.960. The summed E-state index contributed by atoms with van der Waals surface area (Å²) >= 11 is 13.3. The van der Waals surface area contributed by atoms with E-state index in [1.54, 1.807) is 30.3 Å². The van der Waals surface area contributed by atoms with Gasteiger partial charge in [0.15, 0.2) is 5.82 Å². The molecule has 0 fully saturated rings. The number of rotatable bonds is 10. The maximum atomic E-state index is 14.5. The van der Waals surface area contributed by atoms with Gasteiger partial charge in [0.05, 0.1) is 63.5 Å². The molecule has 12 nitrogen and oxygen atoms in total. The summed E-state index contributed by atoms with van der Waals surface area (Å²) in [6, 6.07) is 15.6. The van der Waals surface area contributed by atoms with Gasteiger partial charge in [0.25, 0.3) is 5.56 Å². The molecule has 2 N–H and O–H groups in total. The van der Waals surface area contributed by atoms with Crippen LogP contribution in [0.1, 0.15) is 23.0 Å². The van der Waals surface area contributed by atoms with Crippen LogP contribution in [0.4, 0.5) is 19.4 Å². The lowest BCUT2D eigenvalue weighted by Gasteiger charge is -2.23. The van der Waals surface area contributed by atoms with Crippen molar-refractivity contribution < 1.29 is 31.8 Å². The second kappa shape index (κ2) is 13.8. The van der Waals surface area contributed by atoms with Gasteiger partial charge in [-0.15, -0.1) is 0 Å². The number of carboxylic acid groups (broad SMARTS) is 1. The van der Waals surface area contributed by atoms with Crippen LogP contribution >= 0.6 is 23.2 Å². The zero-order chi connectivity index (χ0) is 36.8. The van der Waals surface area contributed by atoms with E-state index in [2.05, 4.69) is 15.4 Å². The molecular weight excluding hydrogens is 729 g/mol. The third-order valence-electron chi connectivity index (χ3n) is 8.10. The minimum absolute atomic E-state index is 0.00319. The predicted molar refractivity (Wildman–Crippen MR) is 190 cm³/mol. The van der Waals surface area contributed by atoms with E-state index in [0.29, 0.717) is 17.4 Å². The first kappa shape index (κ1) is 35.6. The van der Waals surface area contributed by atoms with Crippen LogP contribution in [0.25, 0.3) is 27.5 Å². The van der Waals surface area contributed by atoms with E-state index in [-0.39, 0.29) is 67.7 Å². The summed E-state index contributed by atoms with van der Waals surface area (Å²) in [6.07, 6.45) is -0.809. The van der Waals surface area contributed by atoms with E-state index in [9.17, 15) is 31.9 Å². The van der Waals surface area contributed by atoms with Gasteiger partial charge in [0, 0.05) is 19.5 Å². The fourth-order valence-corrected chi connectivity index (χ4v) is 7.25. The van der Waals surface area contributed by atoms with Crippen molar-refractivity contribution in [2.24, 2.45) is 7.05 Å². The van der Waals surface area contributed by atoms with E-state index < -0.39 is 39.4 Å². The van der Waals surface area contributed by atoms with Crippen LogP contribution < -0.4 is 19.9 Å². The molecule has 1 amide bonds. The fourth-order valence-electron chi connectivity index (χ4n) is 5.93. The molecule has 1 unspecified atom stereocenters. The van der Waals surface area contributed by atoms with E-state index in [1.165, 1.54) is 43.1 Å². The summed E-state index contributed by atoms with van der Waals surface area (Å²) in [5, 5.41) is 17.0. The molecule has 0 bridgehead atoms. The fraction of sp³-hybridized carbons (Fsp3) is 0.176. The Kier molecular flexibility index (Phi) is 9.63. The molecule has 0 radical (unpaired) electrons. The smallest absolute Gasteiger partial charge is 0.405 e. The average Bonchev–Trinajstić information content (AvgIpc) is 3.40. The molecule has 0 spiro atoms. The molecule has 0 aliphatic rings. The standard InChI is InChI=1S/C34H28Cl2F2N6O6S/c1-42-30-27(12-11-24(36)29(30)32(41-42)43(51(3,48)49)17-18-7-9-22(50-2)10-8-18)44-31(39-25-6-4-5-23(35)28(25)33(44)45)26(40-34(46)47)15-19-13-20(37)16-21(38)14-19/h4-14,16,26,40H,15,17H2,1-3H3,(H,46,47). The molecule has 2 aromatic heterocycles. The molecule has 2 heterocycles. The molecule has 0 aliphatic carbocycles. The number of anilines is 1. The molecule has 1 atom stereocenters. The number of aromatic nitrogens is 4. The molecule has 4 aromatic carbocycles. The average molecular weight is 758 g/mol. The molecule has 6 rings (SSSR count). The largest absolute Gasteiger partial charge is 0.497 e. The number of methoxy groups -OCH3 is 1. The first-order valence-electron chi connectivity index (χ1n) is 15.1. The second-order valence-corrected chi connectivity index (χ2v) is 14.3. The highest BCUT2D eigenvalue weighted by Crippen LogP contribution is 2.38. The lowest BCUT2D eigenvalue weighted by atomic mass is 10.0. The van der Waals surface area contributed by atoms with Crippen LogP contribution in [0.5, 0.6) is 5.75 Å². The summed E-state index contributed by atoms with van der Waals surface area (Å²) in [4.78, 5) is 31.3. The number of hydrogen-bond acceptors (Lipinski definition) is 7. The monoisotopic (exact) mass is 756 g/mol. The molecule has 51 heavy (non-hydrogen) atoms. The third kappa shape index (κ3) is 7.04. The van der Waals surface area contributed by atoms with Crippen LogP contribution in [0.15, 0.2) is 77.6 Å². The molecule has 264 valence electrons. The van der Waals surface area contributed by atoms with E-state index in [4.69, 9.17) is 27.9 Å². The highest BCUT2D eigenvalue weighted by Gasteiger charge is 2.30. The van der Waals surface area contributed by atoms with Crippen LogP contribution in [-0.2, 0) is 30.0 Å². The van der Waals surface area contributed by atoms with Gasteiger partial charge in [0.1, 0.15) is 23.2 Å². The van der Waals surface area contributed by atoms with Crippen molar-refractivity contribution in [1.29, 1.82) is 0 Å². The summed E-state index contributed by atoms with van der Waals surface area (Å²) in [5.74, 6) is -1.41. The molecule has 0 saturated heterocycles. The maximum Gasteiger partial charge on any atom is 0.405 e. The number of fused-ring (bicyclic) bond motifs is 2. The van der Waals surface area contributed by atoms with Gasteiger partial charge < -0.3 is 15.2 Å². The minimum atomic E-state index is -3.99. The van der Waals surface area contributed by atoms with Gasteiger partial charge in [-0.2, -0.15) is 5.10 Å². The van der Waals surface area contributed by atoms with Gasteiger partial charge in [-0.1, -0.05) is 41.4 Å². The number of nitrogens with one attached hydrogen (secondary N) is 1. The number of ether oxygens (including phenoxy) is 1. The van der Waals surface area contributed by atoms with E-state index in [0.717, 1.165) is 27.3 Å². The van der Waals surface area contributed by atoms with Crippen molar-refractivity contribution >= 4 is 66.9 Å². The van der Waals surface area contributed by atoms with Crippen molar-refractivity contribution in [1.82, 2.24) is 24.6 Å². The number of carbonyl (C=O) groups is 1. The summed E-state index contributed by atoms with van der Waals surface area (Å²) < 4.78 is 63.8. The number of sulfonamides is 1. The van der Waals surface area contributed by atoms with E-state index in [1.807, 2.05) is 0 Å². The predicted octanol–water partition coefficient (Wildman–Crippen LogP) is 6.38. The Labute approximate surface area is 299 Å². The quantitative estimate of drug-likeness (QED) is 0.164. The van der Waals surface area contributed by atoms with Crippen molar-refractivity contribution in [3.05, 3.63) is 122 Å². The Morgan fingerprint density at radius 1 is 1.00 bits per heavy atom.